The molecular weight excluding hydrogens is 270 g/mol. The van der Waals surface area contributed by atoms with Crippen molar-refractivity contribution >= 4 is 28.7 Å². The Morgan fingerprint density at radius 2 is 1.86 bits per heavy atom. The number of aromatic nitrogens is 4. The van der Waals surface area contributed by atoms with Crippen molar-refractivity contribution in [3.05, 3.63) is 6.20 Å². The van der Waals surface area contributed by atoms with Gasteiger partial charge in [-0.2, -0.15) is 4.98 Å². The zero-order valence-electron chi connectivity index (χ0n) is 12.6. The Bertz CT molecular complexity index is 602. The van der Waals surface area contributed by atoms with Crippen molar-refractivity contribution in [3.63, 3.8) is 0 Å². The van der Waals surface area contributed by atoms with Crippen LogP contribution in [-0.2, 0) is 0 Å². The van der Waals surface area contributed by atoms with Gasteiger partial charge in [0.1, 0.15) is 11.0 Å². The molecule has 0 bridgehead atoms. The highest BCUT2D eigenvalue weighted by molar-refractivity contribution is 5.86. The topological polar surface area (TPSA) is 99.1 Å². The third-order valence-electron chi connectivity index (χ3n) is 2.77. The number of aliphatic hydroxyl groups is 1. The minimum absolute atomic E-state index is 0.0261. The molecule has 0 aromatic carbocycles. The molecule has 0 amide bonds. The first kappa shape index (κ1) is 15.2. The quantitative estimate of drug-likeness (QED) is 0.686. The highest BCUT2D eigenvalue weighted by Gasteiger charge is 2.12. The van der Waals surface area contributed by atoms with E-state index >= 15 is 0 Å². The van der Waals surface area contributed by atoms with Gasteiger partial charge in [-0.3, -0.25) is 0 Å². The first-order chi connectivity index (χ1) is 10.2. The largest absolute Gasteiger partial charge is 0.395 e. The van der Waals surface area contributed by atoms with E-state index in [4.69, 9.17) is 5.11 Å². The number of hydrogen-bond donors (Lipinski definition) is 3. The van der Waals surface area contributed by atoms with E-state index in [1.807, 2.05) is 19.0 Å². The van der Waals surface area contributed by atoms with E-state index in [1.165, 1.54) is 0 Å². The van der Waals surface area contributed by atoms with Gasteiger partial charge in [-0.1, -0.05) is 6.92 Å². The molecule has 8 nitrogen and oxygen atoms in total. The van der Waals surface area contributed by atoms with Gasteiger partial charge in [0, 0.05) is 27.2 Å². The summed E-state index contributed by atoms with van der Waals surface area (Å²) in [6, 6.07) is 0. The number of aliphatic hydroxyl groups excluding tert-OH is 1. The van der Waals surface area contributed by atoms with Gasteiger partial charge in [-0.05, 0) is 6.42 Å². The number of rotatable bonds is 7. The van der Waals surface area contributed by atoms with Crippen LogP contribution in [0.15, 0.2) is 6.20 Å². The molecule has 0 fully saturated rings. The average molecular weight is 291 g/mol. The van der Waals surface area contributed by atoms with Crippen LogP contribution in [0.2, 0.25) is 0 Å². The van der Waals surface area contributed by atoms with Crippen molar-refractivity contribution in [1.29, 1.82) is 0 Å². The summed E-state index contributed by atoms with van der Waals surface area (Å²) in [5, 5.41) is 15.0. The summed E-state index contributed by atoms with van der Waals surface area (Å²) in [5.74, 6) is 1.76. The van der Waals surface area contributed by atoms with Crippen molar-refractivity contribution in [3.8, 4) is 0 Å². The lowest BCUT2D eigenvalue weighted by molar-refractivity contribution is 0.311. The molecule has 114 valence electrons. The molecule has 3 N–H and O–H groups in total. The number of anilines is 3. The highest BCUT2D eigenvalue weighted by Crippen LogP contribution is 2.22. The summed E-state index contributed by atoms with van der Waals surface area (Å²) in [4.78, 5) is 19.4. The summed E-state index contributed by atoms with van der Waals surface area (Å²) in [7, 11) is 3.82. The fourth-order valence-electron chi connectivity index (χ4n) is 1.79. The van der Waals surface area contributed by atoms with Gasteiger partial charge >= 0.3 is 0 Å². The Balaban J connectivity index is 2.43. The monoisotopic (exact) mass is 291 g/mol. The molecule has 2 rings (SSSR count). The molecule has 2 heterocycles. The number of hydrogen-bond acceptors (Lipinski definition) is 8. The van der Waals surface area contributed by atoms with Crippen molar-refractivity contribution in [1.82, 2.24) is 19.9 Å². The van der Waals surface area contributed by atoms with Crippen LogP contribution in [0.25, 0.3) is 11.0 Å². The van der Waals surface area contributed by atoms with Gasteiger partial charge in [0.25, 0.3) is 0 Å². The van der Waals surface area contributed by atoms with E-state index < -0.39 is 0 Å². The maximum atomic E-state index is 8.84. The first-order valence-electron chi connectivity index (χ1n) is 6.96. The van der Waals surface area contributed by atoms with Crippen LogP contribution in [0, 0.1) is 0 Å². The van der Waals surface area contributed by atoms with E-state index in [-0.39, 0.29) is 6.61 Å². The second-order valence-electron chi connectivity index (χ2n) is 4.77. The summed E-state index contributed by atoms with van der Waals surface area (Å²) < 4.78 is 0. The summed E-state index contributed by atoms with van der Waals surface area (Å²) >= 11 is 0. The van der Waals surface area contributed by atoms with E-state index in [0.29, 0.717) is 29.5 Å². The van der Waals surface area contributed by atoms with E-state index in [0.717, 1.165) is 18.8 Å². The second-order valence-corrected chi connectivity index (χ2v) is 4.77. The molecule has 0 atom stereocenters. The molecule has 0 aliphatic heterocycles. The zero-order chi connectivity index (χ0) is 15.2. The van der Waals surface area contributed by atoms with Crippen LogP contribution in [-0.4, -0.2) is 58.8 Å². The van der Waals surface area contributed by atoms with Gasteiger partial charge in [0.05, 0.1) is 12.8 Å². The van der Waals surface area contributed by atoms with Crippen molar-refractivity contribution in [2.45, 2.75) is 13.3 Å². The smallest absolute Gasteiger partial charge is 0.225 e. The Morgan fingerprint density at radius 1 is 1.10 bits per heavy atom. The fourth-order valence-corrected chi connectivity index (χ4v) is 1.79. The molecule has 2 aromatic rings. The molecule has 0 spiro atoms. The summed E-state index contributed by atoms with van der Waals surface area (Å²) in [6.07, 6.45) is 2.66. The van der Waals surface area contributed by atoms with E-state index in [1.54, 1.807) is 6.20 Å². The third kappa shape index (κ3) is 3.66. The molecule has 0 unspecified atom stereocenters. The van der Waals surface area contributed by atoms with Crippen LogP contribution >= 0.6 is 0 Å². The molecule has 8 heteroatoms. The Kier molecular flexibility index (Phi) is 5.04. The Hall–Kier alpha value is -2.22. The Labute approximate surface area is 123 Å². The first-order valence-corrected chi connectivity index (χ1v) is 6.96. The molecule has 21 heavy (non-hydrogen) atoms. The van der Waals surface area contributed by atoms with Crippen LogP contribution in [0.4, 0.5) is 17.7 Å². The lowest BCUT2D eigenvalue weighted by Gasteiger charge is -2.15. The van der Waals surface area contributed by atoms with Crippen LogP contribution in [0.5, 0.6) is 0 Å². The third-order valence-corrected chi connectivity index (χ3v) is 2.77. The highest BCUT2D eigenvalue weighted by atomic mass is 16.3. The van der Waals surface area contributed by atoms with Crippen LogP contribution in [0.3, 0.4) is 0 Å². The summed E-state index contributed by atoms with van der Waals surface area (Å²) in [6.45, 7) is 3.33. The number of fused-ring (bicyclic) bond motifs is 1. The molecule has 0 saturated heterocycles. The molecule has 0 aliphatic rings. The Morgan fingerprint density at radius 3 is 2.52 bits per heavy atom. The van der Waals surface area contributed by atoms with E-state index in [2.05, 4.69) is 37.5 Å². The fraction of sp³-hybridized carbons (Fsp3) is 0.538. The maximum Gasteiger partial charge on any atom is 0.225 e. The SMILES string of the molecule is CCCNc1nc(N(C)C)c2nc(NCCO)ncc2n1. The summed E-state index contributed by atoms with van der Waals surface area (Å²) in [5.41, 5.74) is 1.36. The van der Waals surface area contributed by atoms with Gasteiger partial charge in [0.15, 0.2) is 5.82 Å². The second kappa shape index (κ2) is 6.98. The van der Waals surface area contributed by atoms with Gasteiger partial charge in [-0.25, -0.2) is 15.0 Å². The lowest BCUT2D eigenvalue weighted by atomic mass is 10.4. The normalized spacial score (nSPS) is 10.7. The van der Waals surface area contributed by atoms with Gasteiger partial charge < -0.3 is 20.6 Å². The zero-order valence-corrected chi connectivity index (χ0v) is 12.6. The number of nitrogens with one attached hydrogen (secondary N) is 2. The predicted molar refractivity (Wildman–Crippen MR) is 83.8 cm³/mol. The molecule has 2 aromatic heterocycles. The van der Waals surface area contributed by atoms with Gasteiger partial charge in [-0.15, -0.1) is 0 Å². The molecule has 0 saturated carbocycles. The number of nitrogens with zero attached hydrogens (tertiary/aromatic N) is 5. The standard InChI is InChI=1S/C13H21N7O/c1-4-5-14-13-17-9-8-16-12(15-6-7-21)18-10(9)11(19-13)20(2)3/h8,21H,4-7H2,1-3H3,(H,14,17,19)(H,15,16,18). The minimum Gasteiger partial charge on any atom is -0.395 e. The maximum absolute atomic E-state index is 8.84. The van der Waals surface area contributed by atoms with Crippen molar-refractivity contribution in [2.24, 2.45) is 0 Å². The van der Waals surface area contributed by atoms with Gasteiger partial charge in [0.2, 0.25) is 11.9 Å². The van der Waals surface area contributed by atoms with E-state index in [9.17, 15) is 0 Å². The minimum atomic E-state index is 0.0261. The van der Waals surface area contributed by atoms with Crippen molar-refractivity contribution in [2.75, 3.05) is 49.3 Å². The lowest BCUT2D eigenvalue weighted by Crippen LogP contribution is -2.15. The van der Waals surface area contributed by atoms with Crippen LogP contribution in [0.1, 0.15) is 13.3 Å². The molecule has 0 aliphatic carbocycles. The average Bonchev–Trinajstić information content (AvgIpc) is 2.49. The van der Waals surface area contributed by atoms with Crippen LogP contribution < -0.4 is 15.5 Å². The molecular formula is C13H21N7O. The molecule has 0 radical (unpaired) electrons. The van der Waals surface area contributed by atoms with Crippen molar-refractivity contribution < 1.29 is 5.11 Å². The predicted octanol–water partition coefficient (Wildman–Crippen LogP) is 0.712.